The number of allylic oxidation sites excluding steroid dienone is 1. The van der Waals surface area contributed by atoms with Crippen molar-refractivity contribution < 1.29 is 4.79 Å². The second-order valence-electron chi connectivity index (χ2n) is 3.57. The zero-order chi connectivity index (χ0) is 9.84. The zero-order valence-electron chi connectivity index (χ0n) is 8.71. The van der Waals surface area contributed by atoms with Crippen LogP contribution in [0.2, 0.25) is 0 Å². The van der Waals surface area contributed by atoms with Gasteiger partial charge in [-0.2, -0.15) is 0 Å². The summed E-state index contributed by atoms with van der Waals surface area (Å²) in [6.45, 7) is 7.48. The van der Waals surface area contributed by atoms with Crippen LogP contribution >= 0.6 is 0 Å². The summed E-state index contributed by atoms with van der Waals surface area (Å²) in [7, 11) is 2.09. The summed E-state index contributed by atoms with van der Waals surface area (Å²) in [5, 5.41) is 0. The first-order chi connectivity index (χ1) is 6.15. The molecular weight excluding hydrogens is 164 g/mol. The molecule has 0 aliphatic carbocycles. The number of amides is 1. The van der Waals surface area contributed by atoms with E-state index < -0.39 is 0 Å². The fraction of sp³-hybridized carbons (Fsp3) is 0.700. The molecule has 1 aliphatic heterocycles. The Hall–Kier alpha value is -0.830. The molecule has 1 heterocycles. The van der Waals surface area contributed by atoms with Gasteiger partial charge in [-0.05, 0) is 20.9 Å². The molecular formula is C10H18N2O. The molecule has 0 atom stereocenters. The molecule has 0 N–H and O–H groups in total. The van der Waals surface area contributed by atoms with Gasteiger partial charge in [-0.1, -0.05) is 6.08 Å². The van der Waals surface area contributed by atoms with Gasteiger partial charge in [0.2, 0.25) is 5.91 Å². The van der Waals surface area contributed by atoms with Crippen LogP contribution in [0.5, 0.6) is 0 Å². The molecule has 0 aromatic heterocycles. The van der Waals surface area contributed by atoms with E-state index in [2.05, 4.69) is 11.9 Å². The van der Waals surface area contributed by atoms with Crippen molar-refractivity contribution in [3.8, 4) is 0 Å². The minimum absolute atomic E-state index is 0.190. The molecule has 1 saturated heterocycles. The molecule has 3 nitrogen and oxygen atoms in total. The molecule has 1 rings (SSSR count). The first kappa shape index (κ1) is 10.3. The lowest BCUT2D eigenvalue weighted by Crippen LogP contribution is -2.47. The van der Waals surface area contributed by atoms with E-state index in [0.717, 1.165) is 31.8 Å². The van der Waals surface area contributed by atoms with Crippen molar-refractivity contribution in [3.63, 3.8) is 0 Å². The smallest absolute Gasteiger partial charge is 0.249 e. The molecule has 0 aromatic rings. The SMILES string of the molecule is C/C=C(/C)C(=O)N1CCN(C)CC1. The van der Waals surface area contributed by atoms with Crippen LogP contribution in [-0.2, 0) is 4.79 Å². The lowest BCUT2D eigenvalue weighted by atomic mass is 10.2. The molecule has 0 saturated carbocycles. The first-order valence-electron chi connectivity index (χ1n) is 4.76. The highest BCUT2D eigenvalue weighted by Crippen LogP contribution is 2.05. The summed E-state index contributed by atoms with van der Waals surface area (Å²) in [5.41, 5.74) is 0.851. The number of hydrogen-bond acceptors (Lipinski definition) is 2. The van der Waals surface area contributed by atoms with Gasteiger partial charge in [0, 0.05) is 31.8 Å². The lowest BCUT2D eigenvalue weighted by Gasteiger charge is -2.32. The normalized spacial score (nSPS) is 20.5. The van der Waals surface area contributed by atoms with Gasteiger partial charge in [0.1, 0.15) is 0 Å². The highest BCUT2D eigenvalue weighted by Gasteiger charge is 2.19. The molecule has 1 amide bonds. The van der Waals surface area contributed by atoms with Crippen molar-refractivity contribution in [2.45, 2.75) is 13.8 Å². The van der Waals surface area contributed by atoms with Crippen LogP contribution in [-0.4, -0.2) is 48.9 Å². The minimum atomic E-state index is 0.190. The van der Waals surface area contributed by atoms with Crippen molar-refractivity contribution in [1.29, 1.82) is 0 Å². The largest absolute Gasteiger partial charge is 0.336 e. The number of nitrogens with zero attached hydrogens (tertiary/aromatic N) is 2. The highest BCUT2D eigenvalue weighted by molar-refractivity contribution is 5.92. The topological polar surface area (TPSA) is 23.6 Å². The summed E-state index contributed by atoms with van der Waals surface area (Å²) in [5.74, 6) is 0.190. The second-order valence-corrected chi connectivity index (χ2v) is 3.57. The predicted molar refractivity (Wildman–Crippen MR) is 53.5 cm³/mol. The van der Waals surface area contributed by atoms with Crippen molar-refractivity contribution in [3.05, 3.63) is 11.6 Å². The molecule has 1 fully saturated rings. The monoisotopic (exact) mass is 182 g/mol. The van der Waals surface area contributed by atoms with E-state index in [1.807, 2.05) is 24.8 Å². The van der Waals surface area contributed by atoms with Crippen molar-refractivity contribution in [1.82, 2.24) is 9.80 Å². The summed E-state index contributed by atoms with van der Waals surface area (Å²) in [6, 6.07) is 0. The molecule has 0 bridgehead atoms. The Labute approximate surface area is 80.0 Å². The molecule has 0 radical (unpaired) electrons. The number of piperazine rings is 1. The van der Waals surface area contributed by atoms with E-state index in [-0.39, 0.29) is 5.91 Å². The molecule has 74 valence electrons. The number of likely N-dealkylation sites (N-methyl/N-ethyl adjacent to an activating group) is 1. The van der Waals surface area contributed by atoms with Crippen LogP contribution in [0.3, 0.4) is 0 Å². The van der Waals surface area contributed by atoms with E-state index in [1.165, 1.54) is 0 Å². The zero-order valence-corrected chi connectivity index (χ0v) is 8.71. The average Bonchev–Trinajstić information content (AvgIpc) is 2.17. The predicted octanol–water partition coefficient (Wildman–Crippen LogP) is 0.727. The summed E-state index contributed by atoms with van der Waals surface area (Å²) in [6.07, 6.45) is 1.88. The first-order valence-corrected chi connectivity index (χ1v) is 4.76. The van der Waals surface area contributed by atoms with Gasteiger partial charge in [0.05, 0.1) is 0 Å². The molecule has 0 spiro atoms. The van der Waals surface area contributed by atoms with Crippen LogP contribution in [0.4, 0.5) is 0 Å². The van der Waals surface area contributed by atoms with Crippen LogP contribution in [0.25, 0.3) is 0 Å². The van der Waals surface area contributed by atoms with Crippen molar-refractivity contribution >= 4 is 5.91 Å². The Kier molecular flexibility index (Phi) is 3.48. The van der Waals surface area contributed by atoms with Gasteiger partial charge in [0.15, 0.2) is 0 Å². The number of carbonyl (C=O) groups excluding carboxylic acids is 1. The minimum Gasteiger partial charge on any atom is -0.336 e. The van der Waals surface area contributed by atoms with E-state index in [4.69, 9.17) is 0 Å². The summed E-state index contributed by atoms with van der Waals surface area (Å²) >= 11 is 0. The van der Waals surface area contributed by atoms with E-state index in [1.54, 1.807) is 0 Å². The average molecular weight is 182 g/mol. The second kappa shape index (κ2) is 4.42. The standard InChI is InChI=1S/C10H18N2O/c1-4-9(2)10(13)12-7-5-11(3)6-8-12/h4H,5-8H2,1-3H3/b9-4-. The summed E-state index contributed by atoms with van der Waals surface area (Å²) < 4.78 is 0. The Morgan fingerprint density at radius 3 is 2.23 bits per heavy atom. The maximum atomic E-state index is 11.7. The van der Waals surface area contributed by atoms with Gasteiger partial charge in [0.25, 0.3) is 0 Å². The van der Waals surface area contributed by atoms with Gasteiger partial charge in [-0.25, -0.2) is 0 Å². The Morgan fingerprint density at radius 2 is 1.77 bits per heavy atom. The molecule has 3 heteroatoms. The maximum absolute atomic E-state index is 11.7. The maximum Gasteiger partial charge on any atom is 0.249 e. The summed E-state index contributed by atoms with van der Waals surface area (Å²) in [4.78, 5) is 15.8. The highest BCUT2D eigenvalue weighted by atomic mass is 16.2. The number of rotatable bonds is 1. The fourth-order valence-electron chi connectivity index (χ4n) is 1.38. The fourth-order valence-corrected chi connectivity index (χ4v) is 1.38. The van der Waals surface area contributed by atoms with Gasteiger partial charge in [-0.3, -0.25) is 4.79 Å². The van der Waals surface area contributed by atoms with Gasteiger partial charge in [-0.15, -0.1) is 0 Å². The van der Waals surface area contributed by atoms with Crippen molar-refractivity contribution in [2.24, 2.45) is 0 Å². The third-order valence-electron chi connectivity index (χ3n) is 2.56. The number of carbonyl (C=O) groups is 1. The number of hydrogen-bond donors (Lipinski definition) is 0. The molecule has 1 aliphatic rings. The third-order valence-corrected chi connectivity index (χ3v) is 2.56. The third kappa shape index (κ3) is 2.56. The van der Waals surface area contributed by atoms with Crippen LogP contribution in [0.1, 0.15) is 13.8 Å². The van der Waals surface area contributed by atoms with Gasteiger partial charge < -0.3 is 9.80 Å². The van der Waals surface area contributed by atoms with E-state index >= 15 is 0 Å². The van der Waals surface area contributed by atoms with Crippen molar-refractivity contribution in [2.75, 3.05) is 33.2 Å². The van der Waals surface area contributed by atoms with E-state index in [9.17, 15) is 4.79 Å². The Bertz CT molecular complexity index is 215. The molecule has 0 aromatic carbocycles. The lowest BCUT2D eigenvalue weighted by molar-refractivity contribution is -0.128. The Morgan fingerprint density at radius 1 is 1.23 bits per heavy atom. The van der Waals surface area contributed by atoms with Crippen LogP contribution in [0, 0.1) is 0 Å². The molecule has 0 unspecified atom stereocenters. The van der Waals surface area contributed by atoms with Crippen LogP contribution in [0.15, 0.2) is 11.6 Å². The quantitative estimate of drug-likeness (QED) is 0.558. The Balaban J connectivity index is 2.50. The molecule has 13 heavy (non-hydrogen) atoms. The van der Waals surface area contributed by atoms with E-state index in [0.29, 0.717) is 0 Å². The van der Waals surface area contributed by atoms with Crippen LogP contribution < -0.4 is 0 Å². The van der Waals surface area contributed by atoms with Gasteiger partial charge >= 0.3 is 0 Å².